The molecule has 1 amide bonds. The summed E-state index contributed by atoms with van der Waals surface area (Å²) in [5.74, 6) is -1.10. The van der Waals surface area contributed by atoms with Gasteiger partial charge in [-0.3, -0.25) is 9.59 Å². The lowest BCUT2D eigenvalue weighted by Crippen LogP contribution is -2.38. The fraction of sp³-hybridized carbons (Fsp3) is 0.294. The Morgan fingerprint density at radius 2 is 2.08 bits per heavy atom. The van der Waals surface area contributed by atoms with Crippen LogP contribution in [0.4, 0.5) is 0 Å². The second kappa shape index (κ2) is 6.39. The minimum Gasteiger partial charge on any atom is -0.480 e. The zero-order chi connectivity index (χ0) is 18.1. The van der Waals surface area contributed by atoms with E-state index in [0.717, 1.165) is 0 Å². The highest BCUT2D eigenvalue weighted by atomic mass is 16.4. The summed E-state index contributed by atoms with van der Waals surface area (Å²) in [4.78, 5) is 28.2. The van der Waals surface area contributed by atoms with E-state index in [-0.39, 0.29) is 6.04 Å². The van der Waals surface area contributed by atoms with Gasteiger partial charge in [-0.05, 0) is 39.0 Å². The molecular weight excluding hydrogens is 324 g/mol. The van der Waals surface area contributed by atoms with Crippen molar-refractivity contribution in [1.29, 1.82) is 0 Å². The molecule has 130 valence electrons. The minimum absolute atomic E-state index is 0.0469. The van der Waals surface area contributed by atoms with E-state index in [1.54, 1.807) is 29.1 Å². The van der Waals surface area contributed by atoms with Crippen molar-refractivity contribution in [2.75, 3.05) is 0 Å². The van der Waals surface area contributed by atoms with Crippen LogP contribution in [0.15, 0.2) is 35.1 Å². The molecular formula is C17H18N4O4. The van der Waals surface area contributed by atoms with Crippen LogP contribution in [0.3, 0.4) is 0 Å². The Balaban J connectivity index is 2.16. The van der Waals surface area contributed by atoms with Gasteiger partial charge in [0.05, 0.1) is 23.4 Å². The Morgan fingerprint density at radius 1 is 1.32 bits per heavy atom. The van der Waals surface area contributed by atoms with Gasteiger partial charge >= 0.3 is 5.97 Å². The van der Waals surface area contributed by atoms with Gasteiger partial charge in [-0.2, -0.15) is 5.10 Å². The number of carbonyl (C=O) groups excluding carboxylic acids is 1. The summed E-state index contributed by atoms with van der Waals surface area (Å²) in [5, 5.41) is 16.3. The van der Waals surface area contributed by atoms with Gasteiger partial charge in [0.15, 0.2) is 11.4 Å². The highest BCUT2D eigenvalue weighted by Gasteiger charge is 2.22. The number of fused-ring (bicyclic) bond motifs is 1. The van der Waals surface area contributed by atoms with Crippen molar-refractivity contribution in [3.63, 3.8) is 0 Å². The van der Waals surface area contributed by atoms with E-state index in [0.29, 0.717) is 28.1 Å². The molecule has 0 saturated carbocycles. The van der Waals surface area contributed by atoms with Gasteiger partial charge in [-0.15, -0.1) is 0 Å². The number of carboxylic acids is 1. The predicted octanol–water partition coefficient (Wildman–Crippen LogP) is 2.48. The van der Waals surface area contributed by atoms with E-state index in [1.165, 1.54) is 13.2 Å². The number of amides is 1. The lowest BCUT2D eigenvalue weighted by molar-refractivity contribution is -0.138. The topological polar surface area (TPSA) is 110 Å². The monoisotopic (exact) mass is 342 g/mol. The summed E-state index contributed by atoms with van der Waals surface area (Å²) < 4.78 is 7.09. The van der Waals surface area contributed by atoms with Gasteiger partial charge in [0.25, 0.3) is 5.91 Å². The van der Waals surface area contributed by atoms with Gasteiger partial charge in [0, 0.05) is 6.04 Å². The molecule has 1 atom stereocenters. The second-order valence-electron chi connectivity index (χ2n) is 5.99. The van der Waals surface area contributed by atoms with Crippen molar-refractivity contribution in [1.82, 2.24) is 20.1 Å². The van der Waals surface area contributed by atoms with Crippen LogP contribution in [0.25, 0.3) is 22.5 Å². The molecule has 1 unspecified atom stereocenters. The molecule has 8 nitrogen and oxygen atoms in total. The zero-order valence-electron chi connectivity index (χ0n) is 14.1. The minimum atomic E-state index is -1.11. The Morgan fingerprint density at radius 3 is 2.68 bits per heavy atom. The fourth-order valence-corrected chi connectivity index (χ4v) is 2.47. The number of aromatic nitrogens is 3. The van der Waals surface area contributed by atoms with Crippen molar-refractivity contribution < 1.29 is 19.1 Å². The highest BCUT2D eigenvalue weighted by Crippen LogP contribution is 2.26. The summed E-state index contributed by atoms with van der Waals surface area (Å²) >= 11 is 0. The van der Waals surface area contributed by atoms with Crippen molar-refractivity contribution in [2.45, 2.75) is 32.9 Å². The smallest absolute Gasteiger partial charge is 0.325 e. The number of hydrogen-bond acceptors (Lipinski definition) is 5. The molecule has 3 aromatic heterocycles. The lowest BCUT2D eigenvalue weighted by atomic mass is 10.1. The largest absolute Gasteiger partial charge is 0.480 e. The van der Waals surface area contributed by atoms with Crippen LogP contribution in [0, 0.1) is 0 Å². The summed E-state index contributed by atoms with van der Waals surface area (Å²) in [6.07, 6.45) is 3.09. The zero-order valence-corrected chi connectivity index (χ0v) is 14.1. The summed E-state index contributed by atoms with van der Waals surface area (Å²) in [7, 11) is 0. The normalized spacial score (nSPS) is 12.5. The molecule has 0 radical (unpaired) electrons. The Bertz CT molecular complexity index is 928. The van der Waals surface area contributed by atoms with Crippen LogP contribution in [0.1, 0.15) is 37.2 Å². The first kappa shape index (κ1) is 16.7. The van der Waals surface area contributed by atoms with Gasteiger partial charge in [-0.25, -0.2) is 9.67 Å². The van der Waals surface area contributed by atoms with Crippen LogP contribution in [-0.4, -0.2) is 37.8 Å². The maximum Gasteiger partial charge on any atom is 0.325 e. The number of carbonyl (C=O) groups is 2. The second-order valence-corrected chi connectivity index (χ2v) is 5.99. The number of pyridine rings is 1. The lowest BCUT2D eigenvalue weighted by Gasteiger charge is -2.12. The quantitative estimate of drug-likeness (QED) is 0.737. The predicted molar refractivity (Wildman–Crippen MR) is 90.2 cm³/mol. The van der Waals surface area contributed by atoms with Crippen LogP contribution in [-0.2, 0) is 4.79 Å². The van der Waals surface area contributed by atoms with Gasteiger partial charge in [0.1, 0.15) is 11.7 Å². The average molecular weight is 342 g/mol. The van der Waals surface area contributed by atoms with E-state index in [4.69, 9.17) is 9.52 Å². The standard InChI is InChI=1S/C17H18N4O4/c1-9(2)21-15-12(8-18-21)11(16(22)19-10(3)17(23)24)7-13(20-15)14-5-4-6-25-14/h4-10H,1-3H3,(H,19,22)(H,23,24). The number of nitrogens with zero attached hydrogens (tertiary/aromatic N) is 3. The Labute approximate surface area is 143 Å². The molecule has 0 aliphatic rings. The van der Waals surface area contributed by atoms with E-state index < -0.39 is 17.9 Å². The van der Waals surface area contributed by atoms with Crippen LogP contribution >= 0.6 is 0 Å². The van der Waals surface area contributed by atoms with Gasteiger partial charge < -0.3 is 14.8 Å². The van der Waals surface area contributed by atoms with Gasteiger partial charge in [0.2, 0.25) is 0 Å². The van der Waals surface area contributed by atoms with Crippen LogP contribution in [0.2, 0.25) is 0 Å². The molecule has 0 spiro atoms. The van der Waals surface area contributed by atoms with E-state index in [1.807, 2.05) is 13.8 Å². The van der Waals surface area contributed by atoms with Crippen molar-refractivity contribution in [3.8, 4) is 11.5 Å². The molecule has 0 aliphatic heterocycles. The summed E-state index contributed by atoms with van der Waals surface area (Å²) in [6, 6.07) is 4.09. The molecule has 25 heavy (non-hydrogen) atoms. The molecule has 0 aromatic carbocycles. The first-order valence-electron chi connectivity index (χ1n) is 7.84. The third-order valence-electron chi connectivity index (χ3n) is 3.79. The number of rotatable bonds is 5. The molecule has 0 saturated heterocycles. The molecule has 3 aromatic rings. The SMILES string of the molecule is CC(NC(=O)c1cc(-c2ccco2)nc2c1cnn2C(C)C)C(=O)O. The van der Waals surface area contributed by atoms with E-state index in [2.05, 4.69) is 15.4 Å². The molecule has 0 fully saturated rings. The number of nitrogens with one attached hydrogen (secondary N) is 1. The number of aliphatic carboxylic acids is 1. The number of furan rings is 1. The third-order valence-corrected chi connectivity index (χ3v) is 3.79. The van der Waals surface area contributed by atoms with Crippen molar-refractivity contribution >= 4 is 22.9 Å². The van der Waals surface area contributed by atoms with E-state index in [9.17, 15) is 9.59 Å². The van der Waals surface area contributed by atoms with Crippen LogP contribution in [0.5, 0.6) is 0 Å². The number of hydrogen-bond donors (Lipinski definition) is 2. The maximum atomic E-state index is 12.6. The third kappa shape index (κ3) is 3.10. The summed E-state index contributed by atoms with van der Waals surface area (Å²) in [5.41, 5.74) is 1.32. The Kier molecular flexibility index (Phi) is 4.26. The van der Waals surface area contributed by atoms with Crippen molar-refractivity contribution in [2.24, 2.45) is 0 Å². The maximum absolute atomic E-state index is 12.6. The first-order chi connectivity index (χ1) is 11.9. The molecule has 3 heterocycles. The Hall–Kier alpha value is -3.16. The van der Waals surface area contributed by atoms with Gasteiger partial charge in [-0.1, -0.05) is 0 Å². The first-order valence-corrected chi connectivity index (χ1v) is 7.84. The van der Waals surface area contributed by atoms with Crippen LogP contribution < -0.4 is 5.32 Å². The molecule has 8 heteroatoms. The molecule has 0 bridgehead atoms. The fourth-order valence-electron chi connectivity index (χ4n) is 2.47. The van der Waals surface area contributed by atoms with E-state index >= 15 is 0 Å². The molecule has 0 aliphatic carbocycles. The average Bonchev–Trinajstić information content (AvgIpc) is 3.22. The molecule has 3 rings (SSSR count). The highest BCUT2D eigenvalue weighted by molar-refractivity contribution is 6.07. The summed E-state index contributed by atoms with van der Waals surface area (Å²) in [6.45, 7) is 5.32. The number of carboxylic acid groups (broad SMARTS) is 1. The molecule has 2 N–H and O–H groups in total. The van der Waals surface area contributed by atoms with Crippen molar-refractivity contribution in [3.05, 3.63) is 36.2 Å².